The van der Waals surface area contributed by atoms with Crippen molar-refractivity contribution >= 4 is 27.4 Å². The van der Waals surface area contributed by atoms with Crippen LogP contribution < -0.4 is 10.5 Å². The van der Waals surface area contributed by atoms with Crippen LogP contribution in [0.1, 0.15) is 32.1 Å². The van der Waals surface area contributed by atoms with Crippen molar-refractivity contribution in [2.45, 2.75) is 38.6 Å². The minimum absolute atomic E-state index is 0.124. The Bertz CT molecular complexity index is 653. The molecule has 0 aromatic carbocycles. The average Bonchev–Trinajstić information content (AvgIpc) is 2.88. The van der Waals surface area contributed by atoms with Crippen LogP contribution in [0.15, 0.2) is 17.1 Å². The molecule has 3 rings (SSSR count). The fourth-order valence-electron chi connectivity index (χ4n) is 3.07. The van der Waals surface area contributed by atoms with Crippen LogP contribution in [0.3, 0.4) is 0 Å². The molecule has 1 saturated carbocycles. The van der Waals surface area contributed by atoms with Crippen molar-refractivity contribution < 1.29 is 0 Å². The Balaban J connectivity index is 1.93. The Kier molecular flexibility index (Phi) is 3.78. The number of anilines is 1. The van der Waals surface area contributed by atoms with Gasteiger partial charge in [-0.15, -0.1) is 0 Å². The smallest absolute Gasteiger partial charge is 0.270 e. The van der Waals surface area contributed by atoms with Crippen molar-refractivity contribution in [2.24, 2.45) is 5.92 Å². The summed E-state index contributed by atoms with van der Waals surface area (Å²) in [4.78, 5) is 14.5. The van der Waals surface area contributed by atoms with Crippen molar-refractivity contribution in [3.8, 4) is 0 Å². The van der Waals surface area contributed by atoms with Gasteiger partial charge in [0, 0.05) is 32.2 Å². The number of hydrogen-bond acceptors (Lipinski definition) is 4. The summed E-state index contributed by atoms with van der Waals surface area (Å²) >= 11 is 1.32. The fourth-order valence-corrected chi connectivity index (χ4v) is 3.96. The molecule has 0 aliphatic heterocycles. The van der Waals surface area contributed by atoms with Gasteiger partial charge in [-0.2, -0.15) is 4.37 Å². The van der Waals surface area contributed by atoms with Gasteiger partial charge in [0.15, 0.2) is 0 Å². The van der Waals surface area contributed by atoms with Crippen molar-refractivity contribution in [1.29, 1.82) is 0 Å². The van der Waals surface area contributed by atoms with Gasteiger partial charge >= 0.3 is 0 Å². The molecule has 20 heavy (non-hydrogen) atoms. The highest BCUT2D eigenvalue weighted by atomic mass is 32.1. The third kappa shape index (κ3) is 2.46. The van der Waals surface area contributed by atoms with Crippen LogP contribution in [-0.4, -0.2) is 23.0 Å². The summed E-state index contributed by atoms with van der Waals surface area (Å²) in [5.74, 6) is 1.56. The van der Waals surface area contributed by atoms with Gasteiger partial charge in [0.2, 0.25) is 0 Å². The molecule has 4 nitrogen and oxygen atoms in total. The molecule has 1 aliphatic rings. The second-order valence-electron chi connectivity index (χ2n) is 5.92. The maximum absolute atomic E-state index is 12.6. The first kappa shape index (κ1) is 13.6. The van der Waals surface area contributed by atoms with Crippen LogP contribution in [0.4, 0.5) is 5.82 Å². The molecule has 1 aliphatic carbocycles. The molecule has 0 N–H and O–H groups in total. The van der Waals surface area contributed by atoms with Gasteiger partial charge in [-0.1, -0.05) is 19.3 Å². The summed E-state index contributed by atoms with van der Waals surface area (Å²) in [5, 5.41) is 0.977. The first-order chi connectivity index (χ1) is 9.66. The lowest BCUT2D eigenvalue weighted by Crippen LogP contribution is -2.24. The molecule has 2 aromatic rings. The Hall–Kier alpha value is -1.36. The van der Waals surface area contributed by atoms with Gasteiger partial charge in [-0.25, -0.2) is 0 Å². The molecule has 0 amide bonds. The second kappa shape index (κ2) is 5.56. The fraction of sp³-hybridized carbons (Fsp3) is 0.600. The van der Waals surface area contributed by atoms with Crippen molar-refractivity contribution in [3.05, 3.63) is 22.6 Å². The summed E-state index contributed by atoms with van der Waals surface area (Å²) in [6, 6.07) is 2.04. The van der Waals surface area contributed by atoms with Gasteiger partial charge < -0.3 is 9.47 Å². The van der Waals surface area contributed by atoms with Crippen LogP contribution >= 0.6 is 11.5 Å². The van der Waals surface area contributed by atoms with E-state index in [1.807, 2.05) is 35.8 Å². The number of fused-ring (bicyclic) bond motifs is 1. The van der Waals surface area contributed by atoms with E-state index in [0.717, 1.165) is 22.4 Å². The summed E-state index contributed by atoms with van der Waals surface area (Å²) in [6.07, 6.45) is 8.44. The molecule has 2 aromatic heterocycles. The largest absolute Gasteiger partial charge is 0.361 e. The standard InChI is InChI=1S/C15H21N3OS/c1-17(2)14-12-8-9-18(15(19)13(12)20-16-14)10-11-6-4-3-5-7-11/h8-9,11H,3-7,10H2,1-2H3. The quantitative estimate of drug-likeness (QED) is 0.872. The van der Waals surface area contributed by atoms with Crippen molar-refractivity contribution in [2.75, 3.05) is 19.0 Å². The van der Waals surface area contributed by atoms with Crippen LogP contribution in [0.5, 0.6) is 0 Å². The Morgan fingerprint density at radius 1 is 1.35 bits per heavy atom. The second-order valence-corrected chi connectivity index (χ2v) is 6.69. The van der Waals surface area contributed by atoms with Gasteiger partial charge in [-0.05, 0) is 36.4 Å². The predicted octanol–water partition coefficient (Wildman–Crippen LogP) is 3.10. The van der Waals surface area contributed by atoms with E-state index < -0.39 is 0 Å². The molecule has 108 valence electrons. The van der Waals surface area contributed by atoms with E-state index >= 15 is 0 Å². The Labute approximate surface area is 123 Å². The summed E-state index contributed by atoms with van der Waals surface area (Å²) in [6.45, 7) is 0.865. The molecule has 2 heterocycles. The van der Waals surface area contributed by atoms with Crippen LogP contribution in [0.25, 0.3) is 10.1 Å². The Morgan fingerprint density at radius 2 is 2.10 bits per heavy atom. The topological polar surface area (TPSA) is 38.1 Å². The molecule has 0 bridgehead atoms. The average molecular weight is 291 g/mol. The molecular weight excluding hydrogens is 270 g/mol. The van der Waals surface area contributed by atoms with Crippen LogP contribution in [-0.2, 0) is 6.54 Å². The molecule has 0 saturated heterocycles. The van der Waals surface area contributed by atoms with E-state index in [-0.39, 0.29) is 5.56 Å². The predicted molar refractivity (Wildman–Crippen MR) is 84.8 cm³/mol. The van der Waals surface area contributed by atoms with Crippen LogP contribution in [0, 0.1) is 5.92 Å². The first-order valence-electron chi connectivity index (χ1n) is 7.33. The zero-order valence-corrected chi connectivity index (χ0v) is 12.9. The van der Waals surface area contributed by atoms with E-state index in [9.17, 15) is 4.79 Å². The van der Waals surface area contributed by atoms with E-state index in [4.69, 9.17) is 0 Å². The van der Waals surface area contributed by atoms with Crippen LogP contribution in [0.2, 0.25) is 0 Å². The van der Waals surface area contributed by atoms with Gasteiger partial charge in [-0.3, -0.25) is 4.79 Å². The number of aromatic nitrogens is 2. The number of rotatable bonds is 3. The van der Waals surface area contributed by atoms with Crippen molar-refractivity contribution in [3.63, 3.8) is 0 Å². The number of pyridine rings is 1. The number of nitrogens with zero attached hydrogens (tertiary/aromatic N) is 3. The van der Waals surface area contributed by atoms with E-state index in [1.54, 1.807) is 0 Å². The molecular formula is C15H21N3OS. The summed E-state index contributed by atoms with van der Waals surface area (Å²) < 4.78 is 7.07. The van der Waals surface area contributed by atoms with E-state index in [2.05, 4.69) is 4.37 Å². The molecule has 1 fully saturated rings. The van der Waals surface area contributed by atoms with Gasteiger partial charge in [0.25, 0.3) is 5.56 Å². The van der Waals surface area contributed by atoms with E-state index in [0.29, 0.717) is 5.92 Å². The molecule has 0 atom stereocenters. The SMILES string of the molecule is CN(C)c1nsc2c(=O)n(CC3CCCCC3)ccc12. The number of hydrogen-bond donors (Lipinski definition) is 0. The maximum Gasteiger partial charge on any atom is 0.270 e. The highest BCUT2D eigenvalue weighted by molar-refractivity contribution is 7.13. The molecule has 0 spiro atoms. The zero-order chi connectivity index (χ0) is 14.1. The minimum atomic E-state index is 0.124. The molecule has 5 heteroatoms. The maximum atomic E-state index is 12.6. The minimum Gasteiger partial charge on any atom is -0.361 e. The normalized spacial score (nSPS) is 16.7. The Morgan fingerprint density at radius 3 is 2.80 bits per heavy atom. The van der Waals surface area contributed by atoms with Crippen molar-refractivity contribution in [1.82, 2.24) is 8.94 Å². The highest BCUT2D eigenvalue weighted by Gasteiger charge is 2.17. The first-order valence-corrected chi connectivity index (χ1v) is 8.10. The zero-order valence-electron chi connectivity index (χ0n) is 12.1. The third-order valence-corrected chi connectivity index (χ3v) is 5.03. The summed E-state index contributed by atoms with van der Waals surface area (Å²) in [7, 11) is 3.92. The molecule has 0 unspecified atom stereocenters. The monoisotopic (exact) mass is 291 g/mol. The van der Waals surface area contributed by atoms with Gasteiger partial charge in [0.1, 0.15) is 10.5 Å². The summed E-state index contributed by atoms with van der Waals surface area (Å²) in [5.41, 5.74) is 0.124. The lowest BCUT2D eigenvalue weighted by Gasteiger charge is -2.22. The van der Waals surface area contributed by atoms with E-state index in [1.165, 1.54) is 43.6 Å². The lowest BCUT2D eigenvalue weighted by atomic mass is 9.89. The lowest BCUT2D eigenvalue weighted by molar-refractivity contribution is 0.317. The van der Waals surface area contributed by atoms with Gasteiger partial charge in [0.05, 0.1) is 0 Å². The highest BCUT2D eigenvalue weighted by Crippen LogP contribution is 2.27. The third-order valence-electron chi connectivity index (χ3n) is 4.19. The molecule has 0 radical (unpaired) electrons.